The highest BCUT2D eigenvalue weighted by Gasteiger charge is 2.20. The summed E-state index contributed by atoms with van der Waals surface area (Å²) in [4.78, 5) is 15.6. The monoisotopic (exact) mass is 460 g/mol. The molecule has 10 heteroatoms. The first-order valence-corrected chi connectivity index (χ1v) is 10.9. The number of fused-ring (bicyclic) bond motifs is 1. The number of rotatable bonds is 8. The van der Waals surface area contributed by atoms with Gasteiger partial charge in [0.25, 0.3) is 6.43 Å². The van der Waals surface area contributed by atoms with Gasteiger partial charge in [-0.05, 0) is 19.9 Å². The van der Waals surface area contributed by atoms with Gasteiger partial charge in [-0.2, -0.15) is 0 Å². The third-order valence-electron chi connectivity index (χ3n) is 5.64. The molecule has 1 aliphatic rings. The number of anilines is 2. The summed E-state index contributed by atoms with van der Waals surface area (Å²) in [6, 6.07) is 5.31. The predicted octanol–water partition coefficient (Wildman–Crippen LogP) is 4.33. The van der Waals surface area contributed by atoms with Crippen LogP contribution in [0.5, 0.6) is 0 Å². The Hall–Kier alpha value is -2.98. The van der Waals surface area contributed by atoms with Gasteiger partial charge in [0, 0.05) is 31.7 Å². The van der Waals surface area contributed by atoms with Crippen LogP contribution in [0.3, 0.4) is 0 Å². The third kappa shape index (κ3) is 5.51. The Morgan fingerprint density at radius 3 is 2.67 bits per heavy atom. The molecule has 0 aliphatic carbocycles. The summed E-state index contributed by atoms with van der Waals surface area (Å²) in [7, 11) is 0. The number of benzene rings is 1. The zero-order chi connectivity index (χ0) is 23.4. The van der Waals surface area contributed by atoms with Crippen LogP contribution in [0.15, 0.2) is 30.5 Å². The van der Waals surface area contributed by atoms with Crippen LogP contribution in [0.4, 0.5) is 24.7 Å². The fraction of sp³-hybridized carbons (Fsp3) is 0.435. The number of pyridine rings is 1. The number of nitrogens with zero attached hydrogens (tertiary/aromatic N) is 4. The summed E-state index contributed by atoms with van der Waals surface area (Å²) in [5.41, 5.74) is 0.839. The van der Waals surface area contributed by atoms with Crippen molar-refractivity contribution in [1.29, 1.82) is 0 Å². The molecule has 0 bridgehead atoms. The zero-order valence-electron chi connectivity index (χ0n) is 18.6. The van der Waals surface area contributed by atoms with Crippen molar-refractivity contribution in [3.8, 4) is 0 Å². The van der Waals surface area contributed by atoms with Crippen molar-refractivity contribution in [3.63, 3.8) is 0 Å². The summed E-state index contributed by atoms with van der Waals surface area (Å²) in [6.07, 6.45) is -1.16. The van der Waals surface area contributed by atoms with Gasteiger partial charge in [-0.3, -0.25) is 4.90 Å². The molecule has 0 unspecified atom stereocenters. The van der Waals surface area contributed by atoms with E-state index in [0.29, 0.717) is 22.7 Å². The molecular formula is C23H27F3N6O. The summed E-state index contributed by atoms with van der Waals surface area (Å²) >= 11 is 0. The lowest BCUT2D eigenvalue weighted by Gasteiger charge is -2.26. The van der Waals surface area contributed by atoms with Gasteiger partial charge in [0.05, 0.1) is 42.1 Å². The van der Waals surface area contributed by atoms with Gasteiger partial charge in [-0.25, -0.2) is 28.1 Å². The Kier molecular flexibility index (Phi) is 7.24. The summed E-state index contributed by atoms with van der Waals surface area (Å²) < 4.78 is 46.2. The van der Waals surface area contributed by atoms with Crippen molar-refractivity contribution in [2.75, 3.05) is 50.0 Å². The van der Waals surface area contributed by atoms with Crippen LogP contribution in [0.25, 0.3) is 11.0 Å². The topological polar surface area (TPSA) is 75.2 Å². The average molecular weight is 461 g/mol. The Balaban J connectivity index is 1.54. The van der Waals surface area contributed by atoms with E-state index in [4.69, 9.17) is 4.74 Å². The molecular weight excluding hydrogens is 433 g/mol. The second-order valence-electron chi connectivity index (χ2n) is 8.01. The molecule has 0 radical (unpaired) electrons. The van der Waals surface area contributed by atoms with Crippen molar-refractivity contribution >= 4 is 22.5 Å². The van der Waals surface area contributed by atoms with E-state index in [1.165, 1.54) is 12.1 Å². The molecule has 1 atom stereocenters. The van der Waals surface area contributed by atoms with Crippen molar-refractivity contribution in [3.05, 3.63) is 53.2 Å². The molecule has 1 fully saturated rings. The van der Waals surface area contributed by atoms with E-state index in [-0.39, 0.29) is 5.56 Å². The number of aromatic nitrogens is 3. The van der Waals surface area contributed by atoms with Crippen LogP contribution in [0.1, 0.15) is 36.3 Å². The fourth-order valence-corrected chi connectivity index (χ4v) is 3.87. The smallest absolute Gasteiger partial charge is 0.266 e. The first kappa shape index (κ1) is 23.2. The number of morpholine rings is 1. The Bertz CT molecular complexity index is 1110. The number of halogens is 3. The fourth-order valence-electron chi connectivity index (χ4n) is 3.87. The van der Waals surface area contributed by atoms with Gasteiger partial charge in [-0.1, -0.05) is 18.2 Å². The Morgan fingerprint density at radius 2 is 1.91 bits per heavy atom. The van der Waals surface area contributed by atoms with Crippen LogP contribution in [0.2, 0.25) is 0 Å². The van der Waals surface area contributed by atoms with E-state index in [1.807, 2.05) is 6.07 Å². The Labute approximate surface area is 190 Å². The van der Waals surface area contributed by atoms with Gasteiger partial charge in [0.1, 0.15) is 17.5 Å². The Morgan fingerprint density at radius 1 is 1.15 bits per heavy atom. The number of hydrogen-bond donors (Lipinski definition) is 2. The van der Waals surface area contributed by atoms with Crippen LogP contribution in [-0.4, -0.2) is 59.2 Å². The molecule has 1 aliphatic heterocycles. The first-order chi connectivity index (χ1) is 15.9. The van der Waals surface area contributed by atoms with E-state index >= 15 is 0 Å². The molecule has 3 aromatic rings. The van der Waals surface area contributed by atoms with Gasteiger partial charge < -0.3 is 15.4 Å². The van der Waals surface area contributed by atoms with E-state index in [9.17, 15) is 13.2 Å². The largest absolute Gasteiger partial charge is 0.382 e. The average Bonchev–Trinajstić information content (AvgIpc) is 2.80. The number of ether oxygens (including phenoxy) is 1. The van der Waals surface area contributed by atoms with Crippen LogP contribution >= 0.6 is 0 Å². The molecule has 0 amide bonds. The first-order valence-electron chi connectivity index (χ1n) is 10.9. The standard InChI is InChI=1S/C23H27F3N6O/c1-14(17-4-3-5-18(20(17)24)21(25)26)29-23-19-12-16(13-28-22(19)30-15(2)31-23)27-6-7-32-8-10-33-11-9-32/h3-5,12-14,21,27H,6-11H2,1-2H3,(H,28,29,30,31)/t14-/m1/s1. The molecule has 2 aromatic heterocycles. The molecule has 4 rings (SSSR count). The van der Waals surface area contributed by atoms with E-state index in [1.54, 1.807) is 20.0 Å². The maximum atomic E-state index is 14.6. The van der Waals surface area contributed by atoms with E-state index < -0.39 is 23.8 Å². The van der Waals surface area contributed by atoms with Gasteiger partial charge in [0.2, 0.25) is 0 Å². The normalized spacial score (nSPS) is 15.7. The number of alkyl halides is 2. The minimum atomic E-state index is -2.88. The van der Waals surface area contributed by atoms with Gasteiger partial charge in [0.15, 0.2) is 5.65 Å². The molecule has 2 N–H and O–H groups in total. The van der Waals surface area contributed by atoms with Crippen LogP contribution < -0.4 is 10.6 Å². The lowest BCUT2D eigenvalue weighted by Crippen LogP contribution is -2.39. The maximum Gasteiger partial charge on any atom is 0.266 e. The summed E-state index contributed by atoms with van der Waals surface area (Å²) in [6.45, 7) is 8.40. The SMILES string of the molecule is Cc1nc(N[C@H](C)c2cccc(C(F)F)c2F)c2cc(NCCN3CCOCC3)cnc2n1. The number of nitrogens with one attached hydrogen (secondary N) is 2. The van der Waals surface area contributed by atoms with Crippen LogP contribution in [0, 0.1) is 12.7 Å². The molecule has 33 heavy (non-hydrogen) atoms. The van der Waals surface area contributed by atoms with Gasteiger partial charge >= 0.3 is 0 Å². The van der Waals surface area contributed by atoms with Crippen molar-refractivity contribution in [2.24, 2.45) is 0 Å². The third-order valence-corrected chi connectivity index (χ3v) is 5.64. The number of hydrogen-bond acceptors (Lipinski definition) is 7. The highest BCUT2D eigenvalue weighted by atomic mass is 19.3. The molecule has 0 saturated carbocycles. The van der Waals surface area contributed by atoms with Crippen LogP contribution in [-0.2, 0) is 4.74 Å². The minimum Gasteiger partial charge on any atom is -0.382 e. The predicted molar refractivity (Wildman–Crippen MR) is 121 cm³/mol. The van der Waals surface area contributed by atoms with E-state index in [0.717, 1.165) is 51.1 Å². The van der Waals surface area contributed by atoms with E-state index in [2.05, 4.69) is 30.5 Å². The second-order valence-corrected chi connectivity index (χ2v) is 8.01. The molecule has 176 valence electrons. The summed E-state index contributed by atoms with van der Waals surface area (Å²) in [5.74, 6) is 0.0573. The van der Waals surface area contributed by atoms with Crippen molar-refractivity contribution in [2.45, 2.75) is 26.3 Å². The summed E-state index contributed by atoms with van der Waals surface area (Å²) in [5, 5.41) is 7.19. The molecule has 7 nitrogen and oxygen atoms in total. The lowest BCUT2D eigenvalue weighted by atomic mass is 10.0. The number of aryl methyl sites for hydroxylation is 1. The molecule has 0 spiro atoms. The highest BCUT2D eigenvalue weighted by Crippen LogP contribution is 2.30. The lowest BCUT2D eigenvalue weighted by molar-refractivity contribution is 0.0398. The zero-order valence-corrected chi connectivity index (χ0v) is 18.6. The van der Waals surface area contributed by atoms with Crippen molar-refractivity contribution in [1.82, 2.24) is 19.9 Å². The highest BCUT2D eigenvalue weighted by molar-refractivity contribution is 5.89. The maximum absolute atomic E-state index is 14.6. The molecule has 1 saturated heterocycles. The molecule has 3 heterocycles. The quantitative estimate of drug-likeness (QED) is 0.518. The van der Waals surface area contributed by atoms with Crippen molar-refractivity contribution < 1.29 is 17.9 Å². The minimum absolute atomic E-state index is 0.143. The molecule has 1 aromatic carbocycles. The second kappa shape index (κ2) is 10.3. The van der Waals surface area contributed by atoms with Gasteiger partial charge in [-0.15, -0.1) is 0 Å².